The van der Waals surface area contributed by atoms with Crippen molar-refractivity contribution in [2.75, 3.05) is 13.2 Å². The standard InChI is InChI=1S/C12H15BrFNO/c13-9-3-4-11(14)10(5-9)12(7-16)15-6-8-1-2-8/h3-5,8,12,15-16H,1-2,6-7H2. The van der Waals surface area contributed by atoms with Crippen LogP contribution in [-0.4, -0.2) is 18.3 Å². The zero-order valence-electron chi connectivity index (χ0n) is 8.92. The highest BCUT2D eigenvalue weighted by Gasteiger charge is 2.23. The molecular formula is C12H15BrFNO. The van der Waals surface area contributed by atoms with Crippen LogP contribution in [-0.2, 0) is 0 Å². The summed E-state index contributed by atoms with van der Waals surface area (Å²) in [6.45, 7) is 0.775. The molecule has 1 fully saturated rings. The molecule has 1 atom stereocenters. The Morgan fingerprint density at radius 1 is 1.50 bits per heavy atom. The highest BCUT2D eigenvalue weighted by molar-refractivity contribution is 9.10. The number of aliphatic hydroxyl groups excluding tert-OH is 1. The lowest BCUT2D eigenvalue weighted by molar-refractivity contribution is 0.240. The first-order chi connectivity index (χ1) is 7.70. The molecule has 2 N–H and O–H groups in total. The van der Waals surface area contributed by atoms with E-state index >= 15 is 0 Å². The number of benzene rings is 1. The van der Waals surface area contributed by atoms with E-state index in [1.807, 2.05) is 0 Å². The van der Waals surface area contributed by atoms with Gasteiger partial charge in [-0.25, -0.2) is 4.39 Å². The Bertz CT molecular complexity index is 368. The van der Waals surface area contributed by atoms with Gasteiger partial charge in [0.15, 0.2) is 0 Å². The maximum absolute atomic E-state index is 13.6. The zero-order chi connectivity index (χ0) is 11.5. The minimum atomic E-state index is -0.307. The average molecular weight is 288 g/mol. The Hall–Kier alpha value is -0.450. The van der Waals surface area contributed by atoms with Gasteiger partial charge in [-0.1, -0.05) is 15.9 Å². The Morgan fingerprint density at radius 2 is 2.25 bits per heavy atom. The Balaban J connectivity index is 2.07. The monoisotopic (exact) mass is 287 g/mol. The Morgan fingerprint density at radius 3 is 2.88 bits per heavy atom. The minimum Gasteiger partial charge on any atom is -0.394 e. The van der Waals surface area contributed by atoms with Crippen LogP contribution in [0.25, 0.3) is 0 Å². The highest BCUT2D eigenvalue weighted by Crippen LogP contribution is 2.29. The maximum Gasteiger partial charge on any atom is 0.128 e. The lowest BCUT2D eigenvalue weighted by Crippen LogP contribution is -2.27. The molecule has 88 valence electrons. The lowest BCUT2D eigenvalue weighted by Gasteiger charge is -2.17. The van der Waals surface area contributed by atoms with Crippen LogP contribution in [0.4, 0.5) is 4.39 Å². The first kappa shape index (κ1) is 12.0. The second-order valence-corrected chi connectivity index (χ2v) is 5.17. The molecule has 0 bridgehead atoms. The van der Waals surface area contributed by atoms with Crippen LogP contribution in [0.5, 0.6) is 0 Å². The smallest absolute Gasteiger partial charge is 0.128 e. The van der Waals surface area contributed by atoms with Crippen molar-refractivity contribution in [3.63, 3.8) is 0 Å². The fourth-order valence-electron chi connectivity index (χ4n) is 1.69. The van der Waals surface area contributed by atoms with Gasteiger partial charge in [0.25, 0.3) is 0 Å². The van der Waals surface area contributed by atoms with E-state index in [1.165, 1.54) is 18.9 Å². The van der Waals surface area contributed by atoms with Gasteiger partial charge in [-0.15, -0.1) is 0 Å². The number of hydrogen-bond acceptors (Lipinski definition) is 2. The summed E-state index contributed by atoms with van der Waals surface area (Å²) in [4.78, 5) is 0. The molecule has 0 aliphatic heterocycles. The summed E-state index contributed by atoms with van der Waals surface area (Å²) in [5.41, 5.74) is 0.525. The fourth-order valence-corrected chi connectivity index (χ4v) is 2.06. The van der Waals surface area contributed by atoms with Gasteiger partial charge >= 0.3 is 0 Å². The molecule has 1 aliphatic carbocycles. The summed E-state index contributed by atoms with van der Waals surface area (Å²) in [5, 5.41) is 12.5. The summed E-state index contributed by atoms with van der Waals surface area (Å²) in [6.07, 6.45) is 2.48. The normalized spacial score (nSPS) is 17.4. The average Bonchev–Trinajstić information content (AvgIpc) is 3.07. The van der Waals surface area contributed by atoms with E-state index in [0.717, 1.165) is 11.0 Å². The summed E-state index contributed by atoms with van der Waals surface area (Å²) < 4.78 is 14.4. The molecule has 1 saturated carbocycles. The van der Waals surface area contributed by atoms with Gasteiger partial charge in [0.2, 0.25) is 0 Å². The molecule has 0 aromatic heterocycles. The first-order valence-electron chi connectivity index (χ1n) is 5.50. The third-order valence-corrected chi connectivity index (χ3v) is 3.36. The van der Waals surface area contributed by atoms with Crippen molar-refractivity contribution >= 4 is 15.9 Å². The van der Waals surface area contributed by atoms with Crippen molar-refractivity contribution in [2.24, 2.45) is 5.92 Å². The summed E-state index contributed by atoms with van der Waals surface area (Å²) in [5.74, 6) is 0.440. The van der Waals surface area contributed by atoms with Gasteiger partial charge in [-0.3, -0.25) is 0 Å². The van der Waals surface area contributed by atoms with Gasteiger partial charge in [0.05, 0.1) is 12.6 Å². The van der Waals surface area contributed by atoms with E-state index in [0.29, 0.717) is 11.5 Å². The summed E-state index contributed by atoms with van der Waals surface area (Å²) in [6, 6.07) is 4.49. The van der Waals surface area contributed by atoms with E-state index in [9.17, 15) is 9.50 Å². The molecule has 1 aromatic carbocycles. The van der Waals surface area contributed by atoms with E-state index < -0.39 is 0 Å². The highest BCUT2D eigenvalue weighted by atomic mass is 79.9. The molecule has 1 aromatic rings. The van der Waals surface area contributed by atoms with Crippen molar-refractivity contribution in [2.45, 2.75) is 18.9 Å². The maximum atomic E-state index is 13.6. The van der Waals surface area contributed by atoms with Gasteiger partial charge in [-0.2, -0.15) is 0 Å². The van der Waals surface area contributed by atoms with Gasteiger partial charge in [0.1, 0.15) is 5.82 Å². The molecule has 0 saturated heterocycles. The van der Waals surface area contributed by atoms with E-state index in [2.05, 4.69) is 21.2 Å². The molecule has 1 aliphatic rings. The summed E-state index contributed by atoms with van der Waals surface area (Å²) >= 11 is 3.31. The van der Waals surface area contributed by atoms with Crippen LogP contribution in [0.3, 0.4) is 0 Å². The molecule has 2 nitrogen and oxygen atoms in total. The van der Waals surface area contributed by atoms with Crippen LogP contribution < -0.4 is 5.32 Å². The third-order valence-electron chi connectivity index (χ3n) is 2.87. The van der Waals surface area contributed by atoms with Crippen LogP contribution in [0.1, 0.15) is 24.4 Å². The van der Waals surface area contributed by atoms with Gasteiger partial charge in [0, 0.05) is 10.0 Å². The molecule has 2 rings (SSSR count). The number of aliphatic hydroxyl groups is 1. The second-order valence-electron chi connectivity index (χ2n) is 4.25. The van der Waals surface area contributed by atoms with E-state index in [-0.39, 0.29) is 18.5 Å². The molecule has 0 radical (unpaired) electrons. The molecular weight excluding hydrogens is 273 g/mol. The Labute approximate surface area is 103 Å². The van der Waals surface area contributed by atoms with E-state index in [4.69, 9.17) is 0 Å². The van der Waals surface area contributed by atoms with Crippen LogP contribution in [0, 0.1) is 11.7 Å². The SMILES string of the molecule is OCC(NCC1CC1)c1cc(Br)ccc1F. The third kappa shape index (κ3) is 3.03. The minimum absolute atomic E-state index is 0.0832. The lowest BCUT2D eigenvalue weighted by atomic mass is 10.1. The van der Waals surface area contributed by atoms with Crippen molar-refractivity contribution < 1.29 is 9.50 Å². The molecule has 16 heavy (non-hydrogen) atoms. The Kier molecular flexibility index (Phi) is 3.95. The molecule has 0 spiro atoms. The molecule has 1 unspecified atom stereocenters. The van der Waals surface area contributed by atoms with Crippen LogP contribution in [0.2, 0.25) is 0 Å². The van der Waals surface area contributed by atoms with Gasteiger partial charge in [-0.05, 0) is 43.5 Å². The van der Waals surface area contributed by atoms with E-state index in [1.54, 1.807) is 12.1 Å². The number of hydrogen-bond donors (Lipinski definition) is 2. The topological polar surface area (TPSA) is 32.3 Å². The largest absolute Gasteiger partial charge is 0.394 e. The zero-order valence-corrected chi connectivity index (χ0v) is 10.5. The predicted octanol–water partition coefficient (Wildman–Crippen LogP) is 2.62. The van der Waals surface area contributed by atoms with Crippen molar-refractivity contribution in [1.82, 2.24) is 5.32 Å². The number of rotatable bonds is 5. The summed E-state index contributed by atoms with van der Waals surface area (Å²) in [7, 11) is 0. The van der Waals surface area contributed by atoms with Crippen LogP contribution in [0.15, 0.2) is 22.7 Å². The quantitative estimate of drug-likeness (QED) is 0.873. The predicted molar refractivity (Wildman–Crippen MR) is 64.7 cm³/mol. The molecule has 4 heteroatoms. The van der Waals surface area contributed by atoms with Crippen molar-refractivity contribution in [3.8, 4) is 0 Å². The number of halogens is 2. The first-order valence-corrected chi connectivity index (χ1v) is 6.29. The second kappa shape index (κ2) is 5.25. The van der Waals surface area contributed by atoms with Crippen molar-refractivity contribution in [3.05, 3.63) is 34.1 Å². The fraction of sp³-hybridized carbons (Fsp3) is 0.500. The number of nitrogens with one attached hydrogen (secondary N) is 1. The van der Waals surface area contributed by atoms with Crippen LogP contribution >= 0.6 is 15.9 Å². The molecule has 0 amide bonds. The molecule has 0 heterocycles. The van der Waals surface area contributed by atoms with Gasteiger partial charge < -0.3 is 10.4 Å². The van der Waals surface area contributed by atoms with Crippen molar-refractivity contribution in [1.29, 1.82) is 0 Å².